The van der Waals surface area contributed by atoms with E-state index < -0.39 is 17.2 Å². The molecule has 0 fully saturated rings. The Balaban J connectivity index is 1.99. The SMILES string of the molecule is CC1CCC(N)(Cc2cc(F)cc(F)c2)c2ccccc21. The van der Waals surface area contributed by atoms with Gasteiger partial charge in [-0.25, -0.2) is 8.78 Å². The molecule has 1 aliphatic rings. The fourth-order valence-electron chi connectivity index (χ4n) is 3.41. The first kappa shape index (κ1) is 14.2. The highest BCUT2D eigenvalue weighted by atomic mass is 19.1. The Morgan fingerprint density at radius 2 is 1.81 bits per heavy atom. The molecule has 2 unspecified atom stereocenters. The zero-order valence-electron chi connectivity index (χ0n) is 12.1. The van der Waals surface area contributed by atoms with Gasteiger partial charge in [0.15, 0.2) is 0 Å². The van der Waals surface area contributed by atoms with Crippen molar-refractivity contribution in [2.75, 3.05) is 0 Å². The summed E-state index contributed by atoms with van der Waals surface area (Å²) in [4.78, 5) is 0. The predicted octanol–water partition coefficient (Wildman–Crippen LogP) is 4.26. The molecule has 0 aromatic heterocycles. The molecule has 110 valence electrons. The molecule has 2 atom stereocenters. The highest BCUT2D eigenvalue weighted by Gasteiger charge is 2.35. The van der Waals surface area contributed by atoms with Gasteiger partial charge in [-0.3, -0.25) is 0 Å². The van der Waals surface area contributed by atoms with Crippen LogP contribution in [0, 0.1) is 11.6 Å². The van der Waals surface area contributed by atoms with E-state index in [0.717, 1.165) is 24.5 Å². The van der Waals surface area contributed by atoms with Gasteiger partial charge < -0.3 is 5.73 Å². The van der Waals surface area contributed by atoms with Crippen LogP contribution in [-0.4, -0.2) is 0 Å². The van der Waals surface area contributed by atoms with E-state index in [-0.39, 0.29) is 0 Å². The lowest BCUT2D eigenvalue weighted by atomic mass is 9.70. The third-order valence-electron chi connectivity index (χ3n) is 4.49. The normalized spacial score (nSPS) is 24.7. The standard InChI is InChI=1S/C18H19F2N/c1-12-6-7-18(21,17-5-3-2-4-16(12)17)11-13-8-14(19)10-15(20)9-13/h2-5,8-10,12H,6-7,11,21H2,1H3. The lowest BCUT2D eigenvalue weighted by Crippen LogP contribution is -2.42. The summed E-state index contributed by atoms with van der Waals surface area (Å²) >= 11 is 0. The number of hydrogen-bond acceptors (Lipinski definition) is 1. The van der Waals surface area contributed by atoms with Crippen LogP contribution >= 0.6 is 0 Å². The smallest absolute Gasteiger partial charge is 0.126 e. The van der Waals surface area contributed by atoms with Crippen LogP contribution < -0.4 is 5.73 Å². The first-order chi connectivity index (χ1) is 9.98. The molecule has 1 aliphatic carbocycles. The highest BCUT2D eigenvalue weighted by molar-refractivity contribution is 5.40. The second-order valence-corrected chi connectivity index (χ2v) is 6.14. The Labute approximate surface area is 123 Å². The van der Waals surface area contributed by atoms with E-state index in [1.54, 1.807) is 0 Å². The molecule has 0 amide bonds. The maximum atomic E-state index is 13.4. The molecule has 0 spiro atoms. The second kappa shape index (κ2) is 5.23. The molecule has 0 saturated heterocycles. The van der Waals surface area contributed by atoms with E-state index in [9.17, 15) is 8.78 Å². The molecule has 3 heteroatoms. The predicted molar refractivity (Wildman–Crippen MR) is 80.0 cm³/mol. The van der Waals surface area contributed by atoms with Crippen molar-refractivity contribution in [2.24, 2.45) is 5.73 Å². The summed E-state index contributed by atoms with van der Waals surface area (Å²) in [5, 5.41) is 0. The molecule has 0 heterocycles. The van der Waals surface area contributed by atoms with Crippen LogP contribution in [0.2, 0.25) is 0 Å². The molecule has 21 heavy (non-hydrogen) atoms. The third kappa shape index (κ3) is 2.70. The minimum Gasteiger partial charge on any atom is -0.321 e. The summed E-state index contributed by atoms with van der Waals surface area (Å²) in [7, 11) is 0. The lowest BCUT2D eigenvalue weighted by Gasteiger charge is -2.38. The minimum absolute atomic E-state index is 0.450. The van der Waals surface area contributed by atoms with Gasteiger partial charge in [-0.2, -0.15) is 0 Å². The number of benzene rings is 2. The molecular formula is C18H19F2N. The van der Waals surface area contributed by atoms with Crippen LogP contribution in [0.15, 0.2) is 42.5 Å². The molecule has 0 radical (unpaired) electrons. The molecule has 1 nitrogen and oxygen atoms in total. The van der Waals surface area contributed by atoms with Crippen molar-refractivity contribution >= 4 is 0 Å². The molecule has 3 rings (SSSR count). The Kier molecular flexibility index (Phi) is 3.54. The Bertz CT molecular complexity index is 648. The van der Waals surface area contributed by atoms with Crippen molar-refractivity contribution in [3.05, 3.63) is 70.8 Å². The van der Waals surface area contributed by atoms with Gasteiger partial charge in [-0.15, -0.1) is 0 Å². The van der Waals surface area contributed by atoms with Crippen molar-refractivity contribution in [3.8, 4) is 0 Å². The van der Waals surface area contributed by atoms with E-state index in [1.165, 1.54) is 17.7 Å². The van der Waals surface area contributed by atoms with Crippen LogP contribution in [0.1, 0.15) is 42.4 Å². The Hall–Kier alpha value is -1.74. The zero-order chi connectivity index (χ0) is 15.0. The molecule has 0 aliphatic heterocycles. The summed E-state index contributed by atoms with van der Waals surface area (Å²) in [5.41, 5.74) is 9.04. The summed E-state index contributed by atoms with van der Waals surface area (Å²) < 4.78 is 26.8. The Morgan fingerprint density at radius 3 is 2.52 bits per heavy atom. The maximum absolute atomic E-state index is 13.4. The first-order valence-electron chi connectivity index (χ1n) is 7.31. The van der Waals surface area contributed by atoms with Crippen molar-refractivity contribution in [1.82, 2.24) is 0 Å². The van der Waals surface area contributed by atoms with Gasteiger partial charge in [-0.1, -0.05) is 31.2 Å². The van der Waals surface area contributed by atoms with Crippen LogP contribution in [-0.2, 0) is 12.0 Å². The van der Waals surface area contributed by atoms with Gasteiger partial charge in [0, 0.05) is 11.6 Å². The van der Waals surface area contributed by atoms with Crippen LogP contribution in [0.4, 0.5) is 8.78 Å². The van der Waals surface area contributed by atoms with E-state index in [0.29, 0.717) is 17.9 Å². The number of halogens is 2. The average molecular weight is 287 g/mol. The van der Waals surface area contributed by atoms with Gasteiger partial charge in [0.05, 0.1) is 0 Å². The molecule has 0 bridgehead atoms. The quantitative estimate of drug-likeness (QED) is 0.877. The summed E-state index contributed by atoms with van der Waals surface area (Å²) in [5.74, 6) is -0.626. The minimum atomic E-state index is -0.552. The fraction of sp³-hybridized carbons (Fsp3) is 0.333. The van der Waals surface area contributed by atoms with Crippen LogP contribution in [0.3, 0.4) is 0 Å². The van der Waals surface area contributed by atoms with Crippen molar-refractivity contribution in [1.29, 1.82) is 0 Å². The van der Waals surface area contributed by atoms with Gasteiger partial charge >= 0.3 is 0 Å². The summed E-state index contributed by atoms with van der Waals surface area (Å²) in [6.07, 6.45) is 2.26. The van der Waals surface area contributed by atoms with Crippen molar-refractivity contribution in [2.45, 2.75) is 37.6 Å². The number of rotatable bonds is 2. The Morgan fingerprint density at radius 1 is 1.14 bits per heavy atom. The van der Waals surface area contributed by atoms with Crippen molar-refractivity contribution < 1.29 is 8.78 Å². The van der Waals surface area contributed by atoms with Gasteiger partial charge in [-0.05, 0) is 54.0 Å². The van der Waals surface area contributed by atoms with E-state index in [4.69, 9.17) is 5.73 Å². The lowest BCUT2D eigenvalue weighted by molar-refractivity contribution is 0.348. The van der Waals surface area contributed by atoms with Crippen LogP contribution in [0.5, 0.6) is 0 Å². The monoisotopic (exact) mass is 287 g/mol. The van der Waals surface area contributed by atoms with Gasteiger partial charge in [0.2, 0.25) is 0 Å². The fourth-order valence-corrected chi connectivity index (χ4v) is 3.41. The second-order valence-electron chi connectivity index (χ2n) is 6.14. The molecular weight excluding hydrogens is 268 g/mol. The first-order valence-corrected chi connectivity index (χ1v) is 7.31. The molecule has 0 saturated carbocycles. The number of fused-ring (bicyclic) bond motifs is 1. The maximum Gasteiger partial charge on any atom is 0.126 e. The summed E-state index contributed by atoms with van der Waals surface area (Å²) in [6, 6.07) is 11.8. The average Bonchev–Trinajstić information content (AvgIpc) is 2.43. The summed E-state index contributed by atoms with van der Waals surface area (Å²) in [6.45, 7) is 2.19. The number of nitrogens with two attached hydrogens (primary N) is 1. The van der Waals surface area contributed by atoms with Gasteiger partial charge in [0.25, 0.3) is 0 Å². The largest absolute Gasteiger partial charge is 0.321 e. The molecule has 2 aromatic rings. The van der Waals surface area contributed by atoms with Gasteiger partial charge in [0.1, 0.15) is 11.6 Å². The third-order valence-corrected chi connectivity index (χ3v) is 4.49. The number of hydrogen-bond donors (Lipinski definition) is 1. The van der Waals surface area contributed by atoms with Crippen LogP contribution in [0.25, 0.3) is 0 Å². The van der Waals surface area contributed by atoms with E-state index in [2.05, 4.69) is 13.0 Å². The molecule has 2 aromatic carbocycles. The molecule has 2 N–H and O–H groups in total. The zero-order valence-corrected chi connectivity index (χ0v) is 12.1. The van der Waals surface area contributed by atoms with E-state index in [1.807, 2.05) is 18.2 Å². The highest BCUT2D eigenvalue weighted by Crippen LogP contribution is 2.41. The topological polar surface area (TPSA) is 26.0 Å². The van der Waals surface area contributed by atoms with Crippen molar-refractivity contribution in [3.63, 3.8) is 0 Å². The van der Waals surface area contributed by atoms with E-state index >= 15 is 0 Å².